The number of carbonyl (C=O) groups is 4. The molecule has 1 aromatic carbocycles. The van der Waals surface area contributed by atoms with Crippen molar-refractivity contribution in [3.05, 3.63) is 54.0 Å². The second kappa shape index (κ2) is 8.17. The number of carbonyl (C=O) groups excluding carboxylic acids is 4. The van der Waals surface area contributed by atoms with Gasteiger partial charge in [0.05, 0.1) is 24.1 Å². The molecule has 27 heavy (non-hydrogen) atoms. The zero-order valence-electron chi connectivity index (χ0n) is 14.4. The van der Waals surface area contributed by atoms with Crippen molar-refractivity contribution in [2.75, 3.05) is 11.4 Å². The summed E-state index contributed by atoms with van der Waals surface area (Å²) in [6.45, 7) is 0.581. The Morgan fingerprint density at radius 2 is 1.85 bits per heavy atom. The molecule has 9 heteroatoms. The van der Waals surface area contributed by atoms with E-state index in [9.17, 15) is 19.2 Å². The van der Waals surface area contributed by atoms with Gasteiger partial charge in [0.15, 0.2) is 0 Å². The van der Waals surface area contributed by atoms with Crippen molar-refractivity contribution in [2.45, 2.75) is 19.4 Å². The van der Waals surface area contributed by atoms with E-state index in [0.29, 0.717) is 24.4 Å². The first-order valence-electron chi connectivity index (χ1n) is 8.36. The maximum absolute atomic E-state index is 12.4. The van der Waals surface area contributed by atoms with Crippen LogP contribution in [0.4, 0.5) is 5.69 Å². The van der Waals surface area contributed by atoms with Gasteiger partial charge in [0.2, 0.25) is 5.91 Å². The second-order valence-electron chi connectivity index (χ2n) is 5.84. The SMILES string of the molecule is O=C(NCc1ccco1)C(=O)NNC(=O)c1ccccc1N1CCCC1=O. The van der Waals surface area contributed by atoms with Gasteiger partial charge in [-0.15, -0.1) is 0 Å². The molecule has 0 saturated carbocycles. The second-order valence-corrected chi connectivity index (χ2v) is 5.84. The van der Waals surface area contributed by atoms with Gasteiger partial charge in [0.25, 0.3) is 5.91 Å². The van der Waals surface area contributed by atoms with E-state index in [1.165, 1.54) is 11.2 Å². The Hall–Kier alpha value is -3.62. The minimum Gasteiger partial charge on any atom is -0.467 e. The highest BCUT2D eigenvalue weighted by Gasteiger charge is 2.26. The van der Waals surface area contributed by atoms with Crippen LogP contribution < -0.4 is 21.1 Å². The lowest BCUT2D eigenvalue weighted by Crippen LogP contribution is -2.48. The monoisotopic (exact) mass is 370 g/mol. The first-order valence-corrected chi connectivity index (χ1v) is 8.36. The van der Waals surface area contributed by atoms with Crippen LogP contribution in [-0.2, 0) is 20.9 Å². The van der Waals surface area contributed by atoms with Gasteiger partial charge in [-0.25, -0.2) is 0 Å². The van der Waals surface area contributed by atoms with E-state index in [4.69, 9.17) is 4.42 Å². The molecule has 2 aromatic rings. The first kappa shape index (κ1) is 18.2. The van der Waals surface area contributed by atoms with Gasteiger partial charge < -0.3 is 14.6 Å². The van der Waals surface area contributed by atoms with Crippen LogP contribution >= 0.6 is 0 Å². The number of nitrogens with one attached hydrogen (secondary N) is 3. The van der Waals surface area contributed by atoms with Crippen LogP contribution in [0, 0.1) is 0 Å². The molecule has 140 valence electrons. The number of furan rings is 1. The smallest absolute Gasteiger partial charge is 0.327 e. The summed E-state index contributed by atoms with van der Waals surface area (Å²) in [7, 11) is 0. The maximum Gasteiger partial charge on any atom is 0.327 e. The summed E-state index contributed by atoms with van der Waals surface area (Å²) >= 11 is 0. The number of amides is 4. The summed E-state index contributed by atoms with van der Waals surface area (Å²) in [5.74, 6) is -2.14. The van der Waals surface area contributed by atoms with Gasteiger partial charge >= 0.3 is 11.8 Å². The Bertz CT molecular complexity index is 862. The summed E-state index contributed by atoms with van der Waals surface area (Å²) < 4.78 is 5.04. The molecule has 1 fully saturated rings. The third-order valence-electron chi connectivity index (χ3n) is 4.01. The molecule has 3 N–H and O–H groups in total. The lowest BCUT2D eigenvalue weighted by Gasteiger charge is -2.19. The highest BCUT2D eigenvalue weighted by atomic mass is 16.3. The van der Waals surface area contributed by atoms with Crippen LogP contribution in [0.2, 0.25) is 0 Å². The van der Waals surface area contributed by atoms with Crippen molar-refractivity contribution in [3.63, 3.8) is 0 Å². The molecule has 0 spiro atoms. The van der Waals surface area contributed by atoms with Crippen LogP contribution in [0.25, 0.3) is 0 Å². The van der Waals surface area contributed by atoms with E-state index in [-0.39, 0.29) is 18.0 Å². The van der Waals surface area contributed by atoms with Crippen molar-refractivity contribution in [1.82, 2.24) is 16.2 Å². The molecule has 0 unspecified atom stereocenters. The summed E-state index contributed by atoms with van der Waals surface area (Å²) in [6.07, 6.45) is 2.61. The standard InChI is InChI=1S/C18H18N4O5/c23-15-8-3-9-22(15)14-7-2-1-6-13(14)16(24)20-21-18(26)17(25)19-11-12-5-4-10-27-12/h1-2,4-7,10H,3,8-9,11H2,(H,19,25)(H,20,24)(H,21,26). The lowest BCUT2D eigenvalue weighted by atomic mass is 10.1. The molecular formula is C18H18N4O5. The van der Waals surface area contributed by atoms with Crippen molar-refractivity contribution < 1.29 is 23.6 Å². The topological polar surface area (TPSA) is 121 Å². The zero-order chi connectivity index (χ0) is 19.2. The molecule has 2 heterocycles. The number of hydrogen-bond donors (Lipinski definition) is 3. The van der Waals surface area contributed by atoms with Crippen LogP contribution in [-0.4, -0.2) is 30.2 Å². The normalized spacial score (nSPS) is 13.3. The number of hydrazine groups is 1. The van der Waals surface area contributed by atoms with Crippen LogP contribution in [0.5, 0.6) is 0 Å². The maximum atomic E-state index is 12.4. The Morgan fingerprint density at radius 1 is 1.04 bits per heavy atom. The lowest BCUT2D eigenvalue weighted by molar-refractivity contribution is -0.139. The van der Waals surface area contributed by atoms with Crippen LogP contribution in [0.15, 0.2) is 47.1 Å². The quantitative estimate of drug-likeness (QED) is 0.534. The Morgan fingerprint density at radius 3 is 2.56 bits per heavy atom. The summed E-state index contributed by atoms with van der Waals surface area (Å²) in [6, 6.07) is 9.88. The average molecular weight is 370 g/mol. The predicted molar refractivity (Wildman–Crippen MR) is 94.2 cm³/mol. The molecule has 1 aliphatic heterocycles. The molecule has 0 aliphatic carbocycles. The highest BCUT2D eigenvalue weighted by Crippen LogP contribution is 2.25. The molecule has 1 saturated heterocycles. The third kappa shape index (κ3) is 4.32. The molecule has 0 atom stereocenters. The summed E-state index contributed by atoms with van der Waals surface area (Å²) in [5.41, 5.74) is 4.94. The van der Waals surface area contributed by atoms with Gasteiger partial charge in [-0.3, -0.25) is 30.0 Å². The van der Waals surface area contributed by atoms with Crippen molar-refractivity contribution in [3.8, 4) is 0 Å². The molecule has 0 radical (unpaired) electrons. The minimum atomic E-state index is -1.02. The molecule has 9 nitrogen and oxygen atoms in total. The van der Waals surface area contributed by atoms with Crippen LogP contribution in [0.3, 0.4) is 0 Å². The fourth-order valence-corrected chi connectivity index (χ4v) is 2.70. The molecule has 4 amide bonds. The van der Waals surface area contributed by atoms with Gasteiger partial charge in [0.1, 0.15) is 5.76 Å². The molecule has 1 aliphatic rings. The Labute approximate surface area is 154 Å². The van der Waals surface area contributed by atoms with E-state index in [1.54, 1.807) is 36.4 Å². The van der Waals surface area contributed by atoms with Crippen molar-refractivity contribution in [1.29, 1.82) is 0 Å². The summed E-state index contributed by atoms with van der Waals surface area (Å²) in [4.78, 5) is 49.4. The number of para-hydroxylation sites is 1. The first-order chi connectivity index (χ1) is 13.1. The van der Waals surface area contributed by atoms with Gasteiger partial charge in [-0.2, -0.15) is 0 Å². The van der Waals surface area contributed by atoms with E-state index >= 15 is 0 Å². The number of rotatable bonds is 4. The van der Waals surface area contributed by atoms with Crippen LogP contribution in [0.1, 0.15) is 29.0 Å². The van der Waals surface area contributed by atoms with Crippen molar-refractivity contribution >= 4 is 29.3 Å². The minimum absolute atomic E-state index is 0.0487. The van der Waals surface area contributed by atoms with E-state index in [2.05, 4.69) is 16.2 Å². The molecular weight excluding hydrogens is 352 g/mol. The van der Waals surface area contributed by atoms with Crippen molar-refractivity contribution in [2.24, 2.45) is 0 Å². The number of anilines is 1. The highest BCUT2D eigenvalue weighted by molar-refractivity contribution is 6.35. The van der Waals surface area contributed by atoms with E-state index in [1.807, 2.05) is 0 Å². The number of nitrogens with zero attached hydrogens (tertiary/aromatic N) is 1. The van der Waals surface area contributed by atoms with E-state index < -0.39 is 17.7 Å². The molecule has 1 aromatic heterocycles. The Kier molecular flexibility index (Phi) is 5.50. The van der Waals surface area contributed by atoms with Gasteiger partial charge in [0, 0.05) is 13.0 Å². The average Bonchev–Trinajstić information content (AvgIpc) is 3.35. The molecule has 0 bridgehead atoms. The fraction of sp³-hybridized carbons (Fsp3) is 0.222. The molecule has 3 rings (SSSR count). The Balaban J connectivity index is 1.57. The fourth-order valence-electron chi connectivity index (χ4n) is 2.70. The van der Waals surface area contributed by atoms with E-state index in [0.717, 1.165) is 6.42 Å². The number of hydrogen-bond acceptors (Lipinski definition) is 5. The largest absolute Gasteiger partial charge is 0.467 e. The third-order valence-corrected chi connectivity index (χ3v) is 4.01. The predicted octanol–water partition coefficient (Wildman–Crippen LogP) is 0.484. The summed E-state index contributed by atoms with van der Waals surface area (Å²) in [5, 5.41) is 2.36. The van der Waals surface area contributed by atoms with Gasteiger partial charge in [-0.05, 0) is 30.7 Å². The zero-order valence-corrected chi connectivity index (χ0v) is 14.4. The van der Waals surface area contributed by atoms with Gasteiger partial charge in [-0.1, -0.05) is 12.1 Å². The number of benzene rings is 1.